The Morgan fingerprint density at radius 3 is 2.25 bits per heavy atom. The van der Waals surface area contributed by atoms with Crippen LogP contribution in [-0.4, -0.2) is 33.9 Å². The van der Waals surface area contributed by atoms with Gasteiger partial charge in [0, 0.05) is 0 Å². The molecule has 4 heteroatoms. The predicted octanol–water partition coefficient (Wildman–Crippen LogP) is 2.63. The topological polar surface area (TPSA) is 40.4 Å². The molecule has 20 heavy (non-hydrogen) atoms. The maximum atomic E-state index is 12.4. The van der Waals surface area contributed by atoms with Gasteiger partial charge in [0.05, 0.1) is 23.2 Å². The van der Waals surface area contributed by atoms with Crippen molar-refractivity contribution in [1.82, 2.24) is 10.0 Å². The van der Waals surface area contributed by atoms with Gasteiger partial charge in [0.2, 0.25) is 0 Å². The monoisotopic (exact) mass is 270 g/mol. The highest BCUT2D eigenvalue weighted by atomic mass is 16.2. The first-order valence-electron chi connectivity index (χ1n) is 7.09. The highest BCUT2D eigenvalue weighted by Gasteiger charge is 2.55. The Bertz CT molecular complexity index is 559. The summed E-state index contributed by atoms with van der Waals surface area (Å²) in [5.74, 6) is -0.391. The van der Waals surface area contributed by atoms with Gasteiger partial charge in [-0.05, 0) is 25.5 Å². The summed E-state index contributed by atoms with van der Waals surface area (Å²) in [7, 11) is 0. The van der Waals surface area contributed by atoms with Gasteiger partial charge < -0.3 is 0 Å². The molecule has 1 fully saturated rings. The number of rotatable bonds is 4. The quantitative estimate of drug-likeness (QED) is 0.480. The van der Waals surface area contributed by atoms with Crippen LogP contribution in [0.2, 0.25) is 0 Å². The number of nitrogens with zero attached hydrogens (tertiary/aromatic N) is 2. The molecule has 104 valence electrons. The molecule has 0 saturated carbocycles. The minimum Gasteiger partial charge on any atom is -0.267 e. The molecule has 4 nitrogen and oxygen atoms in total. The van der Waals surface area contributed by atoms with Crippen LogP contribution in [0.15, 0.2) is 36.4 Å². The largest absolute Gasteiger partial charge is 0.276 e. The van der Waals surface area contributed by atoms with Gasteiger partial charge in [-0.3, -0.25) is 9.59 Å². The fourth-order valence-electron chi connectivity index (χ4n) is 2.97. The average Bonchev–Trinajstić information content (AvgIpc) is 3.04. The number of imide groups is 1. The van der Waals surface area contributed by atoms with Crippen molar-refractivity contribution in [3.8, 4) is 0 Å². The van der Waals surface area contributed by atoms with Crippen LogP contribution in [0.3, 0.4) is 0 Å². The molecule has 3 atom stereocenters. The van der Waals surface area contributed by atoms with E-state index in [4.69, 9.17) is 0 Å². The molecule has 0 spiro atoms. The van der Waals surface area contributed by atoms with Crippen molar-refractivity contribution in [1.29, 1.82) is 0 Å². The molecule has 3 rings (SSSR count). The molecule has 2 heterocycles. The van der Waals surface area contributed by atoms with Crippen LogP contribution < -0.4 is 0 Å². The van der Waals surface area contributed by atoms with Crippen molar-refractivity contribution >= 4 is 11.8 Å². The van der Waals surface area contributed by atoms with Crippen LogP contribution in [0.1, 0.15) is 47.4 Å². The molecule has 1 aromatic carbocycles. The summed E-state index contributed by atoms with van der Waals surface area (Å²) < 4.78 is 0. The van der Waals surface area contributed by atoms with Gasteiger partial charge in [0.15, 0.2) is 0 Å². The number of fused-ring (bicyclic) bond motifs is 1. The summed E-state index contributed by atoms with van der Waals surface area (Å²) in [5, 5.41) is 3.24. The Balaban J connectivity index is 1.90. The first-order valence-corrected chi connectivity index (χ1v) is 7.09. The van der Waals surface area contributed by atoms with Crippen LogP contribution >= 0.6 is 0 Å². The van der Waals surface area contributed by atoms with Crippen LogP contribution in [-0.2, 0) is 0 Å². The molecule has 2 amide bonds. The van der Waals surface area contributed by atoms with Gasteiger partial charge in [-0.15, -0.1) is 0 Å². The maximum Gasteiger partial charge on any atom is 0.276 e. The van der Waals surface area contributed by atoms with E-state index < -0.39 is 0 Å². The zero-order valence-corrected chi connectivity index (χ0v) is 11.7. The number of hydrogen-bond acceptors (Lipinski definition) is 3. The highest BCUT2D eigenvalue weighted by Crippen LogP contribution is 2.39. The summed E-state index contributed by atoms with van der Waals surface area (Å²) >= 11 is 0. The molecular formula is C16H18N2O2. The lowest BCUT2D eigenvalue weighted by molar-refractivity contribution is 0.0351. The molecule has 1 unspecified atom stereocenters. The second-order valence-corrected chi connectivity index (χ2v) is 5.22. The lowest BCUT2D eigenvalue weighted by atomic mass is 10.1. The zero-order valence-electron chi connectivity index (χ0n) is 11.7. The van der Waals surface area contributed by atoms with E-state index in [1.165, 1.54) is 5.01 Å². The van der Waals surface area contributed by atoms with Crippen molar-refractivity contribution in [2.45, 2.75) is 38.8 Å². The molecule has 2 aliphatic heterocycles. The first kappa shape index (κ1) is 13.1. The minimum absolute atomic E-state index is 0.169. The smallest absolute Gasteiger partial charge is 0.267 e. The van der Waals surface area contributed by atoms with Crippen molar-refractivity contribution in [2.24, 2.45) is 0 Å². The zero-order chi connectivity index (χ0) is 14.3. The van der Waals surface area contributed by atoms with Crippen LogP contribution in [0.25, 0.3) is 0 Å². The maximum absolute atomic E-state index is 12.4. The van der Waals surface area contributed by atoms with Gasteiger partial charge in [-0.2, -0.15) is 5.01 Å². The highest BCUT2D eigenvalue weighted by molar-refractivity contribution is 6.21. The van der Waals surface area contributed by atoms with Crippen LogP contribution in [0, 0.1) is 0 Å². The van der Waals surface area contributed by atoms with E-state index in [0.29, 0.717) is 11.1 Å². The number of allylic oxidation sites excluding steroid dienone is 1. The molecule has 0 N–H and O–H groups in total. The normalized spacial score (nSPS) is 28.3. The van der Waals surface area contributed by atoms with Crippen molar-refractivity contribution in [3.63, 3.8) is 0 Å². The minimum atomic E-state index is -0.196. The molecule has 2 aliphatic rings. The average molecular weight is 270 g/mol. The molecule has 0 bridgehead atoms. The number of carbonyl (C=O) groups excluding carboxylic acids is 2. The third-order valence-corrected chi connectivity index (χ3v) is 3.93. The second kappa shape index (κ2) is 4.87. The Morgan fingerprint density at radius 2 is 1.75 bits per heavy atom. The van der Waals surface area contributed by atoms with E-state index in [1.54, 1.807) is 24.3 Å². The van der Waals surface area contributed by atoms with Gasteiger partial charge in [-0.25, -0.2) is 5.01 Å². The summed E-state index contributed by atoms with van der Waals surface area (Å²) in [4.78, 5) is 24.9. The summed E-state index contributed by atoms with van der Waals surface area (Å²) in [6, 6.07) is 7.46. The number of amides is 2. The fourth-order valence-corrected chi connectivity index (χ4v) is 2.97. The third-order valence-electron chi connectivity index (χ3n) is 3.93. The number of hydrogen-bond donors (Lipinski definition) is 0. The lowest BCUT2D eigenvalue weighted by Crippen LogP contribution is -2.37. The van der Waals surface area contributed by atoms with Crippen LogP contribution in [0.4, 0.5) is 0 Å². The SMILES string of the molecule is C/C=C/[C@H]1[C@@H](CCC)N1N1C(=O)c2ccccc2C1=O. The number of benzene rings is 1. The van der Waals surface area contributed by atoms with Crippen LogP contribution in [0.5, 0.6) is 0 Å². The number of carbonyl (C=O) groups is 2. The van der Waals surface area contributed by atoms with Gasteiger partial charge >= 0.3 is 0 Å². The van der Waals surface area contributed by atoms with E-state index in [0.717, 1.165) is 12.8 Å². The Labute approximate surface area is 118 Å². The third kappa shape index (κ3) is 1.79. The molecule has 0 aromatic heterocycles. The second-order valence-electron chi connectivity index (χ2n) is 5.22. The van der Waals surface area contributed by atoms with Gasteiger partial charge in [0.1, 0.15) is 0 Å². The summed E-state index contributed by atoms with van der Waals surface area (Å²) in [6.07, 6.45) is 6.07. The Kier molecular flexibility index (Phi) is 3.18. The van der Waals surface area contributed by atoms with Crippen molar-refractivity contribution in [2.75, 3.05) is 0 Å². The Morgan fingerprint density at radius 1 is 1.15 bits per heavy atom. The molecule has 1 saturated heterocycles. The molecular weight excluding hydrogens is 252 g/mol. The van der Waals surface area contributed by atoms with E-state index in [9.17, 15) is 9.59 Å². The van der Waals surface area contributed by atoms with E-state index in [1.807, 2.05) is 18.0 Å². The van der Waals surface area contributed by atoms with Crippen molar-refractivity contribution < 1.29 is 9.59 Å². The van der Waals surface area contributed by atoms with Crippen molar-refractivity contribution in [3.05, 3.63) is 47.5 Å². The lowest BCUT2D eigenvalue weighted by Gasteiger charge is -2.16. The summed E-state index contributed by atoms with van der Waals surface area (Å²) in [6.45, 7) is 4.08. The molecule has 0 aliphatic carbocycles. The van der Waals surface area contributed by atoms with E-state index >= 15 is 0 Å². The standard InChI is InChI=1S/C16H18N2O2/c1-3-7-13-14(8-4-2)17(13)18-15(19)11-9-5-6-10-12(11)16(18)20/h3,5-7,9-10,13-14H,4,8H2,1-2H3/b7-3+/t13-,14+,17?/m0/s1. The Hall–Kier alpha value is -1.94. The summed E-state index contributed by atoms with van der Waals surface area (Å²) in [5.41, 5.74) is 1.03. The van der Waals surface area contributed by atoms with E-state index in [2.05, 4.69) is 13.0 Å². The van der Waals surface area contributed by atoms with E-state index in [-0.39, 0.29) is 23.9 Å². The van der Waals surface area contributed by atoms with Gasteiger partial charge in [0.25, 0.3) is 11.8 Å². The molecule has 1 aromatic rings. The fraction of sp³-hybridized carbons (Fsp3) is 0.375. The molecule has 0 radical (unpaired) electrons. The number of hydrazine groups is 1. The predicted molar refractivity (Wildman–Crippen MR) is 76.1 cm³/mol. The van der Waals surface area contributed by atoms with Gasteiger partial charge in [-0.1, -0.05) is 37.6 Å². The first-order chi connectivity index (χ1) is 9.70.